The first kappa shape index (κ1) is 20.6. The molecule has 160 valence electrons. The largest absolute Gasteiger partial charge is 0.507 e. The number of morpholine rings is 1. The Morgan fingerprint density at radius 3 is 2.55 bits per heavy atom. The molecule has 0 radical (unpaired) electrons. The van der Waals surface area contributed by atoms with Crippen molar-refractivity contribution in [1.82, 2.24) is 9.62 Å². The summed E-state index contributed by atoms with van der Waals surface area (Å²) in [5.41, 5.74) is 0.322. The van der Waals surface area contributed by atoms with Gasteiger partial charge >= 0.3 is 0 Å². The smallest absolute Gasteiger partial charge is 0.251 e. The number of ether oxygens (including phenoxy) is 1. The van der Waals surface area contributed by atoms with Gasteiger partial charge in [0.05, 0.1) is 13.2 Å². The molecule has 3 aliphatic rings. The molecule has 0 aromatic heterocycles. The van der Waals surface area contributed by atoms with E-state index in [1.54, 1.807) is 0 Å². The number of sulfonamides is 1. The number of benzene rings is 1. The number of nitrogens with zero attached hydrogens (tertiary/aromatic N) is 1. The molecular formula is C21H30N2O5S. The summed E-state index contributed by atoms with van der Waals surface area (Å²) in [5, 5.41) is 13.4. The lowest BCUT2D eigenvalue weighted by Crippen LogP contribution is -2.52. The molecule has 1 aromatic carbocycles. The molecular weight excluding hydrogens is 392 g/mol. The average molecular weight is 423 g/mol. The first-order valence-electron chi connectivity index (χ1n) is 10.3. The second kappa shape index (κ2) is 6.96. The van der Waals surface area contributed by atoms with Gasteiger partial charge in [0.2, 0.25) is 10.0 Å². The van der Waals surface area contributed by atoms with Crippen molar-refractivity contribution >= 4 is 15.9 Å². The van der Waals surface area contributed by atoms with Gasteiger partial charge in [-0.1, -0.05) is 20.8 Å². The molecule has 0 spiro atoms. The van der Waals surface area contributed by atoms with Crippen LogP contribution in [0.15, 0.2) is 23.1 Å². The summed E-state index contributed by atoms with van der Waals surface area (Å²) in [6, 6.07) is 4.09. The van der Waals surface area contributed by atoms with Crippen LogP contribution >= 0.6 is 0 Å². The Balaban J connectivity index is 1.60. The molecule has 1 heterocycles. The standard InChI is InChI=1S/C21H30N2O5S/c1-20(2)15-6-7-21(3,13-15)19(20)22-18(25)14-4-5-16(24)17(12-14)29(26,27)23-8-10-28-11-9-23/h4-5,12,15,19,24H,6-11,13H2,1-3H3,(H,22,25)/t15-,19?,21-/m1/s1. The molecule has 1 unspecified atom stereocenters. The summed E-state index contributed by atoms with van der Waals surface area (Å²) in [7, 11) is -3.90. The highest BCUT2D eigenvalue weighted by molar-refractivity contribution is 7.89. The highest BCUT2D eigenvalue weighted by Crippen LogP contribution is 2.62. The van der Waals surface area contributed by atoms with Gasteiger partial charge in [-0.3, -0.25) is 4.79 Å². The van der Waals surface area contributed by atoms with Crippen molar-refractivity contribution in [2.75, 3.05) is 26.3 Å². The van der Waals surface area contributed by atoms with Crippen molar-refractivity contribution in [1.29, 1.82) is 0 Å². The molecule has 2 aliphatic carbocycles. The minimum absolute atomic E-state index is 0.00227. The van der Waals surface area contributed by atoms with Gasteiger partial charge in [-0.25, -0.2) is 8.42 Å². The highest BCUT2D eigenvalue weighted by atomic mass is 32.2. The molecule has 1 aromatic rings. The van der Waals surface area contributed by atoms with Crippen LogP contribution in [0, 0.1) is 16.7 Å². The maximum absolute atomic E-state index is 13.1. The number of aromatic hydroxyl groups is 1. The Hall–Kier alpha value is -1.64. The van der Waals surface area contributed by atoms with E-state index in [1.807, 2.05) is 0 Å². The zero-order valence-electron chi connectivity index (χ0n) is 17.3. The van der Waals surface area contributed by atoms with E-state index in [9.17, 15) is 18.3 Å². The Morgan fingerprint density at radius 1 is 1.24 bits per heavy atom. The maximum atomic E-state index is 13.1. The second-order valence-corrected chi connectivity index (χ2v) is 11.4. The summed E-state index contributed by atoms with van der Waals surface area (Å²) in [5.74, 6) is -0.0505. The van der Waals surface area contributed by atoms with E-state index in [0.29, 0.717) is 19.1 Å². The molecule has 1 saturated heterocycles. The first-order chi connectivity index (χ1) is 13.6. The fourth-order valence-corrected chi connectivity index (χ4v) is 7.18. The van der Waals surface area contributed by atoms with Crippen molar-refractivity contribution < 1.29 is 23.1 Å². The predicted molar refractivity (Wildman–Crippen MR) is 108 cm³/mol. The average Bonchev–Trinajstić information content (AvgIpc) is 3.17. The van der Waals surface area contributed by atoms with Gasteiger partial charge in [0.1, 0.15) is 10.6 Å². The number of rotatable bonds is 4. The fourth-order valence-electron chi connectivity index (χ4n) is 5.66. The van der Waals surface area contributed by atoms with Crippen molar-refractivity contribution in [3.63, 3.8) is 0 Å². The predicted octanol–water partition coefficient (Wildman–Crippen LogP) is 2.36. The molecule has 3 atom stereocenters. The van der Waals surface area contributed by atoms with E-state index < -0.39 is 10.0 Å². The Bertz CT molecular complexity index is 918. The summed E-state index contributed by atoms with van der Waals surface area (Å²) < 4.78 is 32.4. The molecule has 3 fully saturated rings. The number of amides is 1. The third kappa shape index (κ3) is 3.35. The van der Waals surface area contributed by atoms with Crippen LogP contribution in [0.4, 0.5) is 0 Å². The molecule has 2 N–H and O–H groups in total. The normalized spacial score (nSPS) is 31.7. The molecule has 7 nitrogen and oxygen atoms in total. The lowest BCUT2D eigenvalue weighted by Gasteiger charge is -2.43. The molecule has 2 saturated carbocycles. The van der Waals surface area contributed by atoms with Crippen LogP contribution in [0.1, 0.15) is 50.4 Å². The van der Waals surface area contributed by atoms with Crippen LogP contribution in [0.2, 0.25) is 0 Å². The summed E-state index contributed by atoms with van der Waals surface area (Å²) in [6.45, 7) is 7.74. The van der Waals surface area contributed by atoms with E-state index >= 15 is 0 Å². The van der Waals surface area contributed by atoms with Crippen molar-refractivity contribution in [2.45, 2.75) is 51.0 Å². The fraction of sp³-hybridized carbons (Fsp3) is 0.667. The van der Waals surface area contributed by atoms with E-state index in [2.05, 4.69) is 26.1 Å². The van der Waals surface area contributed by atoms with Crippen LogP contribution in [-0.4, -0.2) is 56.1 Å². The minimum atomic E-state index is -3.90. The Kier molecular flexibility index (Phi) is 4.95. The number of hydrogen-bond donors (Lipinski definition) is 2. The maximum Gasteiger partial charge on any atom is 0.251 e. The first-order valence-corrected chi connectivity index (χ1v) is 11.7. The molecule has 1 amide bonds. The summed E-state index contributed by atoms with van der Waals surface area (Å²) in [6.07, 6.45) is 3.40. The Labute approximate surface area is 172 Å². The topological polar surface area (TPSA) is 95.9 Å². The summed E-state index contributed by atoms with van der Waals surface area (Å²) in [4.78, 5) is 12.8. The molecule has 4 rings (SSSR count). The number of carbonyl (C=O) groups is 1. The van der Waals surface area contributed by atoms with Gasteiger partial charge in [-0.15, -0.1) is 0 Å². The minimum Gasteiger partial charge on any atom is -0.507 e. The van der Waals surface area contributed by atoms with Gasteiger partial charge in [0.15, 0.2) is 0 Å². The zero-order valence-corrected chi connectivity index (χ0v) is 18.1. The molecule has 8 heteroatoms. The van der Waals surface area contributed by atoms with Crippen LogP contribution in [0.5, 0.6) is 5.75 Å². The number of carbonyl (C=O) groups excluding carboxylic acids is 1. The van der Waals surface area contributed by atoms with Crippen LogP contribution in [0.3, 0.4) is 0 Å². The van der Waals surface area contributed by atoms with Gasteiger partial charge in [-0.05, 0) is 54.2 Å². The quantitative estimate of drug-likeness (QED) is 0.777. The van der Waals surface area contributed by atoms with Crippen LogP contribution in [0.25, 0.3) is 0 Å². The number of fused-ring (bicyclic) bond motifs is 2. The highest BCUT2D eigenvalue weighted by Gasteiger charge is 2.59. The van der Waals surface area contributed by atoms with Crippen molar-refractivity contribution in [3.8, 4) is 5.75 Å². The Morgan fingerprint density at radius 2 is 1.93 bits per heavy atom. The second-order valence-electron chi connectivity index (χ2n) is 9.52. The molecule has 2 bridgehead atoms. The van der Waals surface area contributed by atoms with Gasteiger partial charge < -0.3 is 15.2 Å². The monoisotopic (exact) mass is 422 g/mol. The van der Waals surface area contributed by atoms with Crippen molar-refractivity contribution in [2.24, 2.45) is 16.7 Å². The van der Waals surface area contributed by atoms with Crippen LogP contribution < -0.4 is 5.32 Å². The zero-order chi connectivity index (χ0) is 21.0. The third-order valence-electron chi connectivity index (χ3n) is 7.36. The van der Waals surface area contributed by atoms with Gasteiger partial charge in [0, 0.05) is 24.7 Å². The molecule has 1 aliphatic heterocycles. The summed E-state index contributed by atoms with van der Waals surface area (Å²) >= 11 is 0. The SMILES string of the molecule is CC1(C)C(NC(=O)c2ccc(O)c(S(=O)(=O)N3CCOCC3)c2)[C@]2(C)CC[C@@H]1C2. The van der Waals surface area contributed by atoms with E-state index in [-0.39, 0.29) is 52.1 Å². The van der Waals surface area contributed by atoms with Crippen molar-refractivity contribution in [3.05, 3.63) is 23.8 Å². The van der Waals surface area contributed by atoms with Gasteiger partial charge in [-0.2, -0.15) is 4.31 Å². The number of phenolic OH excluding ortho intramolecular Hbond substituents is 1. The lowest BCUT2D eigenvalue weighted by molar-refractivity contribution is 0.0728. The number of nitrogens with one attached hydrogen (secondary N) is 1. The van der Waals surface area contributed by atoms with Gasteiger partial charge in [0.25, 0.3) is 5.91 Å². The third-order valence-corrected chi connectivity index (χ3v) is 9.28. The van der Waals surface area contributed by atoms with Crippen LogP contribution in [-0.2, 0) is 14.8 Å². The number of phenols is 1. The lowest BCUT2D eigenvalue weighted by atomic mass is 9.68. The molecule has 29 heavy (non-hydrogen) atoms. The van der Waals surface area contributed by atoms with E-state index in [1.165, 1.54) is 28.9 Å². The van der Waals surface area contributed by atoms with E-state index in [4.69, 9.17) is 4.74 Å². The number of hydrogen-bond acceptors (Lipinski definition) is 5. The van der Waals surface area contributed by atoms with E-state index in [0.717, 1.165) is 12.8 Å².